The van der Waals surface area contributed by atoms with Crippen LogP contribution in [0.5, 0.6) is 0 Å². The van der Waals surface area contributed by atoms with E-state index in [0.717, 1.165) is 42.6 Å². The molecule has 2 aromatic rings. The first-order chi connectivity index (χ1) is 19.0. The number of hydrogen-bond donors (Lipinski definition) is 2. The summed E-state index contributed by atoms with van der Waals surface area (Å²) in [6.45, 7) is 10.5. The summed E-state index contributed by atoms with van der Waals surface area (Å²) in [5.41, 5.74) is 2.08. The number of nitrogens with zero attached hydrogens (tertiary/aromatic N) is 4. The van der Waals surface area contributed by atoms with Gasteiger partial charge in [0, 0.05) is 49.2 Å². The Hall–Kier alpha value is -2.86. The van der Waals surface area contributed by atoms with Crippen LogP contribution >= 0.6 is 11.3 Å². The Morgan fingerprint density at radius 3 is 2.50 bits per heavy atom. The van der Waals surface area contributed by atoms with Crippen molar-refractivity contribution in [2.75, 3.05) is 58.3 Å². The molecular weight excluding hydrogens is 528 g/mol. The van der Waals surface area contributed by atoms with E-state index in [2.05, 4.69) is 32.9 Å². The quantitative estimate of drug-likeness (QED) is 0.522. The van der Waals surface area contributed by atoms with E-state index in [1.54, 1.807) is 35.4 Å². The molecule has 0 aliphatic carbocycles. The summed E-state index contributed by atoms with van der Waals surface area (Å²) in [6.07, 6.45) is 0.0823. The van der Waals surface area contributed by atoms with Gasteiger partial charge in [-0.1, -0.05) is 32.9 Å². The number of fused-ring (bicyclic) bond motifs is 1. The number of thiazole rings is 1. The fraction of sp³-hybridized carbons (Fsp3) is 0.586. The maximum atomic E-state index is 13.8. The van der Waals surface area contributed by atoms with Crippen molar-refractivity contribution in [1.29, 1.82) is 0 Å². The van der Waals surface area contributed by atoms with Crippen molar-refractivity contribution in [3.63, 3.8) is 0 Å². The number of Topliss-reactive ketones (excluding diaryl/α,β-unsaturated/α-hetero) is 1. The highest BCUT2D eigenvalue weighted by molar-refractivity contribution is 7.14. The molecule has 40 heavy (non-hydrogen) atoms. The summed E-state index contributed by atoms with van der Waals surface area (Å²) in [4.78, 5) is 50.8. The normalized spacial score (nSPS) is 24.3. The molecule has 4 heterocycles. The molecule has 3 saturated heterocycles. The molecule has 3 aliphatic heterocycles. The van der Waals surface area contributed by atoms with Crippen molar-refractivity contribution in [1.82, 2.24) is 25.4 Å². The molecule has 216 valence electrons. The SMILES string of the molecule is CN[C@H]1CN(C(=O)[C@H](CC(C)(C)C)NC(=O)c2ccc(-c3csc(N4CCN(C)CC4)n3)cc2)[C@@H]2C(=O)CO[C@@H]12. The van der Waals surface area contributed by atoms with Crippen molar-refractivity contribution in [2.24, 2.45) is 5.41 Å². The van der Waals surface area contributed by atoms with Gasteiger partial charge in [-0.25, -0.2) is 4.98 Å². The third-order valence-electron chi connectivity index (χ3n) is 7.97. The van der Waals surface area contributed by atoms with Crippen molar-refractivity contribution in [3.8, 4) is 11.3 Å². The van der Waals surface area contributed by atoms with Crippen LogP contribution < -0.4 is 15.5 Å². The molecule has 4 atom stereocenters. The Bertz CT molecular complexity index is 1230. The number of likely N-dealkylation sites (tertiary alicyclic amines) is 1. The van der Waals surface area contributed by atoms with Gasteiger partial charge < -0.3 is 30.1 Å². The zero-order chi connectivity index (χ0) is 28.6. The van der Waals surface area contributed by atoms with Gasteiger partial charge in [0.1, 0.15) is 24.8 Å². The molecule has 2 amide bonds. The van der Waals surface area contributed by atoms with Crippen LogP contribution in [0.3, 0.4) is 0 Å². The predicted molar refractivity (Wildman–Crippen MR) is 156 cm³/mol. The Labute approximate surface area is 240 Å². The van der Waals surface area contributed by atoms with Crippen molar-refractivity contribution < 1.29 is 19.1 Å². The van der Waals surface area contributed by atoms with Crippen LogP contribution in [0.25, 0.3) is 11.3 Å². The second kappa shape index (κ2) is 11.6. The van der Waals surface area contributed by atoms with E-state index in [9.17, 15) is 14.4 Å². The topological polar surface area (TPSA) is 107 Å². The summed E-state index contributed by atoms with van der Waals surface area (Å²) in [5, 5.41) is 9.21. The second-order valence-electron chi connectivity index (χ2n) is 12.2. The zero-order valence-corrected chi connectivity index (χ0v) is 24.8. The van der Waals surface area contributed by atoms with E-state index in [0.29, 0.717) is 18.5 Å². The minimum atomic E-state index is -0.762. The van der Waals surface area contributed by atoms with Gasteiger partial charge in [-0.15, -0.1) is 11.3 Å². The molecule has 3 aliphatic rings. The molecule has 0 spiro atoms. The summed E-state index contributed by atoms with van der Waals surface area (Å²) >= 11 is 1.64. The lowest BCUT2D eigenvalue weighted by molar-refractivity contribution is -0.138. The lowest BCUT2D eigenvalue weighted by Gasteiger charge is -2.32. The smallest absolute Gasteiger partial charge is 0.251 e. The lowest BCUT2D eigenvalue weighted by atomic mass is 9.87. The highest BCUT2D eigenvalue weighted by Crippen LogP contribution is 2.31. The van der Waals surface area contributed by atoms with Gasteiger partial charge in [-0.05, 0) is 38.1 Å². The van der Waals surface area contributed by atoms with Crippen LogP contribution in [-0.2, 0) is 14.3 Å². The fourth-order valence-corrected chi connectivity index (χ4v) is 6.61. The monoisotopic (exact) mass is 568 g/mol. The number of ether oxygens (including phenoxy) is 1. The number of rotatable bonds is 7. The van der Waals surface area contributed by atoms with Crippen LogP contribution in [0, 0.1) is 5.41 Å². The van der Waals surface area contributed by atoms with Crippen LogP contribution in [0.4, 0.5) is 5.13 Å². The highest BCUT2D eigenvalue weighted by Gasteiger charge is 2.52. The summed E-state index contributed by atoms with van der Waals surface area (Å²) in [6, 6.07) is 5.84. The van der Waals surface area contributed by atoms with Gasteiger partial charge in [0.2, 0.25) is 5.91 Å². The van der Waals surface area contributed by atoms with Crippen LogP contribution in [0.2, 0.25) is 0 Å². The molecule has 1 aromatic heterocycles. The number of hydrogen-bond acceptors (Lipinski definition) is 9. The Balaban J connectivity index is 1.28. The van der Waals surface area contributed by atoms with Gasteiger partial charge in [0.15, 0.2) is 10.9 Å². The van der Waals surface area contributed by atoms with E-state index >= 15 is 0 Å². The highest BCUT2D eigenvalue weighted by atomic mass is 32.1. The Morgan fingerprint density at radius 2 is 1.85 bits per heavy atom. The van der Waals surface area contributed by atoms with Gasteiger partial charge in [-0.2, -0.15) is 0 Å². The largest absolute Gasteiger partial charge is 0.366 e. The van der Waals surface area contributed by atoms with Crippen molar-refractivity contribution in [2.45, 2.75) is 51.4 Å². The molecular formula is C29H40N6O4S. The van der Waals surface area contributed by atoms with E-state index in [1.165, 1.54) is 0 Å². The number of likely N-dealkylation sites (N-methyl/N-ethyl adjacent to an activating group) is 2. The molecule has 3 fully saturated rings. The average Bonchev–Trinajstić information content (AvgIpc) is 3.65. The summed E-state index contributed by atoms with van der Waals surface area (Å²) < 4.78 is 5.69. The minimum Gasteiger partial charge on any atom is -0.366 e. The molecule has 0 radical (unpaired) electrons. The molecule has 5 rings (SSSR count). The zero-order valence-electron chi connectivity index (χ0n) is 24.0. The number of carbonyl (C=O) groups excluding carboxylic acids is 3. The number of piperazine rings is 1. The first-order valence-electron chi connectivity index (χ1n) is 14.0. The number of nitrogens with one attached hydrogen (secondary N) is 2. The Morgan fingerprint density at radius 1 is 1.15 bits per heavy atom. The Kier molecular flexibility index (Phi) is 8.28. The number of benzene rings is 1. The minimum absolute atomic E-state index is 0.00972. The third-order valence-corrected chi connectivity index (χ3v) is 8.87. The van der Waals surface area contributed by atoms with Crippen molar-refractivity contribution in [3.05, 3.63) is 35.2 Å². The number of ketones is 1. The number of amides is 2. The lowest BCUT2D eigenvalue weighted by Crippen LogP contribution is -2.53. The van der Waals surface area contributed by atoms with Gasteiger partial charge in [0.25, 0.3) is 5.91 Å². The number of carbonyl (C=O) groups is 3. The average molecular weight is 569 g/mol. The number of aromatic nitrogens is 1. The van der Waals surface area contributed by atoms with E-state index in [4.69, 9.17) is 9.72 Å². The van der Waals surface area contributed by atoms with E-state index in [-0.39, 0.29) is 41.8 Å². The summed E-state index contributed by atoms with van der Waals surface area (Å²) in [5.74, 6) is -0.656. The van der Waals surface area contributed by atoms with Gasteiger partial charge in [-0.3, -0.25) is 14.4 Å². The van der Waals surface area contributed by atoms with E-state index < -0.39 is 12.1 Å². The van der Waals surface area contributed by atoms with Gasteiger partial charge >= 0.3 is 0 Å². The predicted octanol–water partition coefficient (Wildman–Crippen LogP) is 1.86. The first kappa shape index (κ1) is 28.7. The van der Waals surface area contributed by atoms with Crippen LogP contribution in [0.15, 0.2) is 29.6 Å². The van der Waals surface area contributed by atoms with Crippen LogP contribution in [-0.4, -0.2) is 110 Å². The molecule has 1 aromatic carbocycles. The first-order valence-corrected chi connectivity index (χ1v) is 14.8. The number of anilines is 1. The third kappa shape index (κ3) is 6.07. The maximum absolute atomic E-state index is 13.8. The van der Waals surface area contributed by atoms with Gasteiger partial charge in [0.05, 0.1) is 11.7 Å². The molecule has 0 bridgehead atoms. The molecule has 2 N–H and O–H groups in total. The molecule has 10 nitrogen and oxygen atoms in total. The molecule has 0 unspecified atom stereocenters. The van der Waals surface area contributed by atoms with E-state index in [1.807, 2.05) is 32.9 Å². The fourth-order valence-electron chi connectivity index (χ4n) is 5.72. The summed E-state index contributed by atoms with van der Waals surface area (Å²) in [7, 11) is 3.94. The van der Waals surface area contributed by atoms with Crippen molar-refractivity contribution >= 4 is 34.1 Å². The maximum Gasteiger partial charge on any atom is 0.251 e. The van der Waals surface area contributed by atoms with Crippen LogP contribution in [0.1, 0.15) is 37.6 Å². The molecule has 0 saturated carbocycles. The molecule has 11 heteroatoms. The second-order valence-corrected chi connectivity index (χ2v) is 13.1. The standard InChI is InChI=1S/C29H40N6O4S/c1-29(2,3)14-20(27(38)35-15-21(30-4)25-24(35)23(36)16-39-25)31-26(37)19-8-6-18(7-9-19)22-17-40-28(32-22)34-12-10-33(5)11-13-34/h6-9,17,20-21,24-25,30H,10-16H2,1-5H3,(H,31,37)/t20-,21-,24+,25-/m0/s1.